The molecule has 4 N–H and O–H groups in total. The van der Waals surface area contributed by atoms with E-state index in [9.17, 15) is 4.79 Å². The number of nitrogens with two attached hydrogens (primary N) is 1. The second kappa shape index (κ2) is 4.29. The van der Waals surface area contributed by atoms with Crippen molar-refractivity contribution in [2.45, 2.75) is 13.0 Å². The Morgan fingerprint density at radius 1 is 1.59 bits per heavy atom. The molecule has 0 amide bonds. The van der Waals surface area contributed by atoms with Gasteiger partial charge in [-0.2, -0.15) is 0 Å². The van der Waals surface area contributed by atoms with Crippen molar-refractivity contribution in [3.05, 3.63) is 41.2 Å². The fraction of sp³-hybridized carbons (Fsp3) is 0.167. The van der Waals surface area contributed by atoms with E-state index < -0.39 is 0 Å². The molecule has 0 saturated carbocycles. The van der Waals surface area contributed by atoms with Crippen LogP contribution >= 0.6 is 0 Å². The van der Waals surface area contributed by atoms with Crippen LogP contribution in [0.1, 0.15) is 6.92 Å². The lowest BCUT2D eigenvalue weighted by molar-refractivity contribution is 0.959. The smallest absolute Gasteiger partial charge is 0.260 e. The van der Waals surface area contributed by atoms with E-state index in [4.69, 9.17) is 5.73 Å². The molecule has 1 atom stereocenters. The number of nitrogen functional groups attached to an aromatic ring is 1. The van der Waals surface area contributed by atoms with Crippen molar-refractivity contribution in [2.75, 3.05) is 11.1 Å². The number of aromatic amines is 1. The van der Waals surface area contributed by atoms with Crippen LogP contribution in [0.5, 0.6) is 0 Å². The third-order valence-electron chi connectivity index (χ3n) is 2.45. The summed E-state index contributed by atoms with van der Waals surface area (Å²) >= 11 is 0. The molecule has 2 rings (SSSR count). The number of fused-ring (bicyclic) bond motifs is 1. The molecular formula is C12H14N4O. The molecule has 1 unspecified atom stereocenters. The third kappa shape index (κ3) is 2.28. The summed E-state index contributed by atoms with van der Waals surface area (Å²) < 4.78 is 0. The molecule has 0 aliphatic heterocycles. The van der Waals surface area contributed by atoms with Gasteiger partial charge in [-0.05, 0) is 25.1 Å². The minimum Gasteiger partial charge on any atom is -0.399 e. The highest BCUT2D eigenvalue weighted by atomic mass is 16.1. The van der Waals surface area contributed by atoms with Gasteiger partial charge in [0.05, 0.1) is 10.9 Å². The molecule has 0 aliphatic carbocycles. The van der Waals surface area contributed by atoms with Gasteiger partial charge in [-0.3, -0.25) is 9.78 Å². The highest BCUT2D eigenvalue weighted by Gasteiger charge is 2.05. The first-order valence-corrected chi connectivity index (χ1v) is 5.29. The molecule has 0 fully saturated rings. The van der Waals surface area contributed by atoms with Gasteiger partial charge in [0.25, 0.3) is 5.56 Å². The van der Waals surface area contributed by atoms with E-state index in [1.54, 1.807) is 24.3 Å². The fourth-order valence-electron chi connectivity index (χ4n) is 1.50. The molecule has 0 bridgehead atoms. The zero-order valence-electron chi connectivity index (χ0n) is 9.53. The Kier molecular flexibility index (Phi) is 2.82. The van der Waals surface area contributed by atoms with Crippen LogP contribution in [0.2, 0.25) is 0 Å². The molecule has 0 aliphatic rings. The Bertz CT molecular complexity index is 617. The number of anilines is 2. The van der Waals surface area contributed by atoms with Crippen LogP contribution in [0.25, 0.3) is 10.9 Å². The van der Waals surface area contributed by atoms with Gasteiger partial charge in [0.2, 0.25) is 5.95 Å². The lowest BCUT2D eigenvalue weighted by Crippen LogP contribution is -2.18. The van der Waals surface area contributed by atoms with Crippen LogP contribution in [0.15, 0.2) is 35.6 Å². The van der Waals surface area contributed by atoms with Gasteiger partial charge < -0.3 is 11.1 Å². The summed E-state index contributed by atoms with van der Waals surface area (Å²) in [6, 6.07) is 5.09. The lowest BCUT2D eigenvalue weighted by Gasteiger charge is -2.09. The molecule has 5 nitrogen and oxygen atoms in total. The van der Waals surface area contributed by atoms with Gasteiger partial charge in [-0.25, -0.2) is 4.98 Å². The highest BCUT2D eigenvalue weighted by Crippen LogP contribution is 2.13. The first kappa shape index (κ1) is 11.2. The monoisotopic (exact) mass is 230 g/mol. The summed E-state index contributed by atoms with van der Waals surface area (Å²) in [4.78, 5) is 18.8. The standard InChI is InChI=1S/C12H14N4O/c1-3-7(2)14-12-15-10-5-4-8(13)6-9(10)11(17)16-12/h3-7H,1,13H2,2H3,(H2,14,15,16,17). The van der Waals surface area contributed by atoms with Crippen molar-refractivity contribution in [2.24, 2.45) is 0 Å². The molecule has 5 heteroatoms. The van der Waals surface area contributed by atoms with Crippen LogP contribution in [0.4, 0.5) is 11.6 Å². The SMILES string of the molecule is C=CC(C)Nc1nc2ccc(N)cc2c(=O)[nH]1. The van der Waals surface area contributed by atoms with E-state index in [0.717, 1.165) is 0 Å². The van der Waals surface area contributed by atoms with E-state index in [2.05, 4.69) is 21.9 Å². The number of hydrogen-bond acceptors (Lipinski definition) is 4. The number of hydrogen-bond donors (Lipinski definition) is 3. The van der Waals surface area contributed by atoms with Crippen LogP contribution < -0.4 is 16.6 Å². The van der Waals surface area contributed by atoms with Crippen LogP contribution in [-0.4, -0.2) is 16.0 Å². The van der Waals surface area contributed by atoms with E-state index in [1.807, 2.05) is 6.92 Å². The zero-order valence-corrected chi connectivity index (χ0v) is 9.53. The van der Waals surface area contributed by atoms with Gasteiger partial charge in [0.1, 0.15) is 0 Å². The molecule has 1 aromatic carbocycles. The molecule has 17 heavy (non-hydrogen) atoms. The summed E-state index contributed by atoms with van der Waals surface area (Å²) in [5, 5.41) is 3.51. The zero-order chi connectivity index (χ0) is 12.4. The largest absolute Gasteiger partial charge is 0.399 e. The van der Waals surface area contributed by atoms with Gasteiger partial charge in [0, 0.05) is 11.7 Å². The molecule has 0 spiro atoms. The maximum Gasteiger partial charge on any atom is 0.260 e. The third-order valence-corrected chi connectivity index (χ3v) is 2.45. The molecule has 88 valence electrons. The first-order chi connectivity index (χ1) is 8.10. The summed E-state index contributed by atoms with van der Waals surface area (Å²) in [6.07, 6.45) is 1.73. The minimum absolute atomic E-state index is 0.0318. The Morgan fingerprint density at radius 2 is 2.35 bits per heavy atom. The summed E-state index contributed by atoms with van der Waals surface area (Å²) in [5.74, 6) is 0.430. The predicted molar refractivity (Wildman–Crippen MR) is 70.1 cm³/mol. The quantitative estimate of drug-likeness (QED) is 0.551. The van der Waals surface area contributed by atoms with Gasteiger partial charge in [0.15, 0.2) is 0 Å². The van der Waals surface area contributed by atoms with Crippen LogP contribution in [0, 0.1) is 0 Å². The first-order valence-electron chi connectivity index (χ1n) is 5.29. The molecular weight excluding hydrogens is 216 g/mol. The Labute approximate surface area is 98.4 Å². The fourth-order valence-corrected chi connectivity index (χ4v) is 1.50. The van der Waals surface area contributed by atoms with Crippen molar-refractivity contribution in [3.8, 4) is 0 Å². The second-order valence-electron chi connectivity index (χ2n) is 3.86. The minimum atomic E-state index is -0.207. The van der Waals surface area contributed by atoms with Crippen molar-refractivity contribution in [1.82, 2.24) is 9.97 Å². The number of aromatic nitrogens is 2. The Hall–Kier alpha value is -2.30. The van der Waals surface area contributed by atoms with Crippen molar-refractivity contribution < 1.29 is 0 Å². The van der Waals surface area contributed by atoms with Gasteiger partial charge in [-0.15, -0.1) is 6.58 Å². The Morgan fingerprint density at radius 3 is 3.06 bits per heavy atom. The maximum absolute atomic E-state index is 11.8. The summed E-state index contributed by atoms with van der Waals surface area (Å²) in [5.41, 5.74) is 6.58. The summed E-state index contributed by atoms with van der Waals surface area (Å²) in [7, 11) is 0. The topological polar surface area (TPSA) is 83.8 Å². The predicted octanol–water partition coefficient (Wildman–Crippen LogP) is 1.49. The van der Waals surface area contributed by atoms with Crippen molar-refractivity contribution in [1.29, 1.82) is 0 Å². The molecule has 1 aromatic heterocycles. The number of benzene rings is 1. The normalized spacial score (nSPS) is 12.3. The highest BCUT2D eigenvalue weighted by molar-refractivity contribution is 5.81. The van der Waals surface area contributed by atoms with Gasteiger partial charge in [-0.1, -0.05) is 6.08 Å². The molecule has 0 radical (unpaired) electrons. The van der Waals surface area contributed by atoms with E-state index >= 15 is 0 Å². The number of nitrogens with zero attached hydrogens (tertiary/aromatic N) is 1. The van der Waals surface area contributed by atoms with E-state index in [0.29, 0.717) is 22.5 Å². The number of H-pyrrole nitrogens is 1. The number of rotatable bonds is 3. The Balaban J connectivity index is 2.52. The van der Waals surface area contributed by atoms with Gasteiger partial charge >= 0.3 is 0 Å². The average Bonchev–Trinajstić information content (AvgIpc) is 2.30. The average molecular weight is 230 g/mol. The van der Waals surface area contributed by atoms with Crippen molar-refractivity contribution in [3.63, 3.8) is 0 Å². The lowest BCUT2D eigenvalue weighted by atomic mass is 10.2. The summed E-state index contributed by atoms with van der Waals surface area (Å²) in [6.45, 7) is 5.57. The molecule has 0 saturated heterocycles. The maximum atomic E-state index is 11.8. The molecule has 1 heterocycles. The molecule has 2 aromatic rings. The van der Waals surface area contributed by atoms with E-state index in [-0.39, 0.29) is 11.6 Å². The second-order valence-corrected chi connectivity index (χ2v) is 3.86. The van der Waals surface area contributed by atoms with Crippen LogP contribution in [-0.2, 0) is 0 Å². The van der Waals surface area contributed by atoms with Crippen molar-refractivity contribution >= 4 is 22.5 Å². The van der Waals surface area contributed by atoms with E-state index in [1.165, 1.54) is 0 Å². The van der Waals surface area contributed by atoms with Crippen LogP contribution in [0.3, 0.4) is 0 Å². The number of nitrogens with one attached hydrogen (secondary N) is 2.